The molecule has 2 amide bonds. The number of hydrogen-bond donors (Lipinski definition) is 2. The number of carbonyl (C=O) groups is 2. The summed E-state index contributed by atoms with van der Waals surface area (Å²) in [5.74, 6) is -1.51. The summed E-state index contributed by atoms with van der Waals surface area (Å²) in [6.07, 6.45) is 0. The van der Waals surface area contributed by atoms with Crippen molar-refractivity contribution in [1.82, 2.24) is 0 Å². The number of rotatable bonds is 5. The van der Waals surface area contributed by atoms with Crippen LogP contribution >= 0.6 is 0 Å². The zero-order chi connectivity index (χ0) is 16.1. The number of hydrogen-bond acceptors (Lipinski definition) is 3. The molecule has 0 bridgehead atoms. The minimum Gasteiger partial charge on any atom is -0.491 e. The number of anilines is 1. The van der Waals surface area contributed by atoms with Crippen molar-refractivity contribution in [3.63, 3.8) is 0 Å². The number of nitrogens with two attached hydrogens (primary N) is 1. The maximum atomic E-state index is 13.7. The maximum absolute atomic E-state index is 13.7. The first kappa shape index (κ1) is 15.5. The molecule has 114 valence electrons. The number of benzene rings is 2. The Labute approximate surface area is 126 Å². The van der Waals surface area contributed by atoms with Crippen molar-refractivity contribution >= 4 is 17.5 Å². The Bertz CT molecular complexity index is 699. The Morgan fingerprint density at radius 2 is 1.77 bits per heavy atom. The van der Waals surface area contributed by atoms with Crippen molar-refractivity contribution in [3.05, 3.63) is 59.4 Å². The summed E-state index contributed by atoms with van der Waals surface area (Å²) >= 11 is 0. The maximum Gasteiger partial charge on any atom is 0.255 e. The topological polar surface area (TPSA) is 81.4 Å². The van der Waals surface area contributed by atoms with Gasteiger partial charge in [0.25, 0.3) is 5.91 Å². The lowest BCUT2D eigenvalue weighted by Gasteiger charge is -2.08. The van der Waals surface area contributed by atoms with Crippen molar-refractivity contribution in [2.45, 2.75) is 6.92 Å². The molecule has 0 heterocycles. The zero-order valence-corrected chi connectivity index (χ0v) is 11.9. The van der Waals surface area contributed by atoms with Crippen LogP contribution in [0.5, 0.6) is 5.75 Å². The predicted molar refractivity (Wildman–Crippen MR) is 80.5 cm³/mol. The summed E-state index contributed by atoms with van der Waals surface area (Å²) in [5, 5.41) is 2.60. The highest BCUT2D eigenvalue weighted by Crippen LogP contribution is 2.19. The van der Waals surface area contributed by atoms with Crippen LogP contribution in [-0.4, -0.2) is 18.4 Å². The molecule has 0 aliphatic rings. The van der Waals surface area contributed by atoms with Crippen molar-refractivity contribution in [1.29, 1.82) is 0 Å². The van der Waals surface area contributed by atoms with Crippen LogP contribution in [0, 0.1) is 5.82 Å². The highest BCUT2D eigenvalue weighted by atomic mass is 19.1. The minimum atomic E-state index is -0.599. The van der Waals surface area contributed by atoms with E-state index in [1.54, 1.807) is 19.1 Å². The van der Waals surface area contributed by atoms with Crippen molar-refractivity contribution in [2.24, 2.45) is 5.73 Å². The quantitative estimate of drug-likeness (QED) is 0.890. The van der Waals surface area contributed by atoms with E-state index in [0.717, 1.165) is 6.07 Å². The van der Waals surface area contributed by atoms with Crippen LogP contribution in [0.15, 0.2) is 42.5 Å². The molecular formula is C16H15FN2O3. The Balaban J connectivity index is 2.11. The highest BCUT2D eigenvalue weighted by Gasteiger charge is 2.11. The van der Waals surface area contributed by atoms with E-state index in [4.69, 9.17) is 10.5 Å². The number of amides is 2. The van der Waals surface area contributed by atoms with Crippen molar-refractivity contribution < 1.29 is 18.7 Å². The molecule has 0 aromatic heterocycles. The monoisotopic (exact) mass is 302 g/mol. The van der Waals surface area contributed by atoms with Gasteiger partial charge in [0.1, 0.15) is 0 Å². The third-order valence-corrected chi connectivity index (χ3v) is 2.92. The first-order valence-corrected chi connectivity index (χ1v) is 6.65. The van der Waals surface area contributed by atoms with E-state index in [1.165, 1.54) is 24.3 Å². The summed E-state index contributed by atoms with van der Waals surface area (Å²) in [7, 11) is 0. The Morgan fingerprint density at radius 1 is 1.14 bits per heavy atom. The van der Waals surface area contributed by atoms with Crippen LogP contribution in [0.2, 0.25) is 0 Å². The first-order chi connectivity index (χ1) is 10.5. The molecule has 0 saturated carbocycles. The summed E-state index contributed by atoms with van der Waals surface area (Å²) in [5.41, 5.74) is 6.11. The third kappa shape index (κ3) is 3.60. The lowest BCUT2D eigenvalue weighted by Crippen LogP contribution is -2.13. The van der Waals surface area contributed by atoms with E-state index in [9.17, 15) is 14.0 Å². The van der Waals surface area contributed by atoms with Gasteiger partial charge in [0, 0.05) is 16.8 Å². The van der Waals surface area contributed by atoms with E-state index < -0.39 is 17.6 Å². The SMILES string of the molecule is CCOc1ccc(C(=O)Nc2ccc(C(N)=O)cc2)cc1F. The molecule has 2 aromatic rings. The van der Waals surface area contributed by atoms with E-state index in [0.29, 0.717) is 17.9 Å². The minimum absolute atomic E-state index is 0.102. The van der Waals surface area contributed by atoms with Gasteiger partial charge in [0.2, 0.25) is 5.91 Å². The van der Waals surface area contributed by atoms with Crippen LogP contribution in [0.3, 0.4) is 0 Å². The molecule has 0 saturated heterocycles. The smallest absolute Gasteiger partial charge is 0.255 e. The first-order valence-electron chi connectivity index (χ1n) is 6.65. The van der Waals surface area contributed by atoms with Gasteiger partial charge in [-0.05, 0) is 49.4 Å². The zero-order valence-electron chi connectivity index (χ0n) is 11.9. The molecule has 2 aromatic carbocycles. The van der Waals surface area contributed by atoms with Gasteiger partial charge in [-0.2, -0.15) is 0 Å². The van der Waals surface area contributed by atoms with E-state index in [1.807, 2.05) is 0 Å². The van der Waals surface area contributed by atoms with Gasteiger partial charge in [0.05, 0.1) is 6.61 Å². The number of primary amides is 1. The summed E-state index contributed by atoms with van der Waals surface area (Å²) in [6.45, 7) is 2.09. The fraction of sp³-hybridized carbons (Fsp3) is 0.125. The number of carbonyl (C=O) groups excluding carboxylic acids is 2. The lowest BCUT2D eigenvalue weighted by molar-refractivity contribution is 0.0998. The van der Waals surface area contributed by atoms with Gasteiger partial charge in [-0.1, -0.05) is 0 Å². The van der Waals surface area contributed by atoms with E-state index in [2.05, 4.69) is 5.32 Å². The molecule has 0 atom stereocenters. The predicted octanol–water partition coefficient (Wildman–Crippen LogP) is 2.58. The van der Waals surface area contributed by atoms with Gasteiger partial charge in [-0.3, -0.25) is 9.59 Å². The van der Waals surface area contributed by atoms with Gasteiger partial charge in [-0.25, -0.2) is 4.39 Å². The molecule has 0 radical (unpaired) electrons. The second-order valence-electron chi connectivity index (χ2n) is 4.47. The average Bonchev–Trinajstić information content (AvgIpc) is 2.50. The van der Waals surface area contributed by atoms with Crippen LogP contribution in [0.25, 0.3) is 0 Å². The second-order valence-corrected chi connectivity index (χ2v) is 4.47. The molecular weight excluding hydrogens is 287 g/mol. The van der Waals surface area contributed by atoms with Crippen molar-refractivity contribution in [2.75, 3.05) is 11.9 Å². The summed E-state index contributed by atoms with van der Waals surface area (Å²) in [6, 6.07) is 10.1. The van der Waals surface area contributed by atoms with Crippen molar-refractivity contribution in [3.8, 4) is 5.75 Å². The molecule has 0 fully saturated rings. The second kappa shape index (κ2) is 6.71. The van der Waals surface area contributed by atoms with Crippen LogP contribution in [0.1, 0.15) is 27.6 Å². The highest BCUT2D eigenvalue weighted by molar-refractivity contribution is 6.04. The number of halogens is 1. The Hall–Kier alpha value is -2.89. The van der Waals surface area contributed by atoms with E-state index >= 15 is 0 Å². The van der Waals surface area contributed by atoms with Crippen LogP contribution < -0.4 is 15.8 Å². The number of nitrogens with one attached hydrogen (secondary N) is 1. The Morgan fingerprint density at radius 3 is 2.32 bits per heavy atom. The fourth-order valence-electron chi connectivity index (χ4n) is 1.84. The van der Waals surface area contributed by atoms with Gasteiger partial charge in [-0.15, -0.1) is 0 Å². The molecule has 5 nitrogen and oxygen atoms in total. The largest absolute Gasteiger partial charge is 0.491 e. The molecule has 22 heavy (non-hydrogen) atoms. The molecule has 0 aliphatic heterocycles. The molecule has 2 rings (SSSR count). The molecule has 6 heteroatoms. The number of ether oxygens (including phenoxy) is 1. The lowest BCUT2D eigenvalue weighted by atomic mass is 10.1. The molecule has 3 N–H and O–H groups in total. The van der Waals surface area contributed by atoms with Gasteiger partial charge >= 0.3 is 0 Å². The molecule has 0 spiro atoms. The summed E-state index contributed by atoms with van der Waals surface area (Å²) < 4.78 is 18.8. The van der Waals surface area contributed by atoms with Gasteiger partial charge < -0.3 is 15.8 Å². The fourth-order valence-corrected chi connectivity index (χ4v) is 1.84. The van der Waals surface area contributed by atoms with Crippen LogP contribution in [0.4, 0.5) is 10.1 Å². The molecule has 0 unspecified atom stereocenters. The average molecular weight is 302 g/mol. The molecule has 0 aliphatic carbocycles. The normalized spacial score (nSPS) is 10.1. The van der Waals surface area contributed by atoms with E-state index in [-0.39, 0.29) is 11.3 Å². The summed E-state index contributed by atoms with van der Waals surface area (Å²) in [4.78, 5) is 23.0. The van der Waals surface area contributed by atoms with Crippen LogP contribution in [-0.2, 0) is 0 Å². The standard InChI is InChI=1S/C16H15FN2O3/c1-2-22-14-8-5-11(9-13(14)17)16(21)19-12-6-3-10(4-7-12)15(18)20/h3-9H,2H2,1H3,(H2,18,20)(H,19,21). The van der Waals surface area contributed by atoms with Gasteiger partial charge in [0.15, 0.2) is 11.6 Å². The Kier molecular flexibility index (Phi) is 4.73. The third-order valence-electron chi connectivity index (χ3n) is 2.92.